The van der Waals surface area contributed by atoms with E-state index in [1.807, 2.05) is 16.9 Å². The lowest BCUT2D eigenvalue weighted by Gasteiger charge is -2.18. The van der Waals surface area contributed by atoms with Crippen molar-refractivity contribution in [2.45, 2.75) is 25.4 Å². The van der Waals surface area contributed by atoms with Crippen LogP contribution in [-0.2, 0) is 17.7 Å². The second-order valence-corrected chi connectivity index (χ2v) is 5.57. The lowest BCUT2D eigenvalue weighted by molar-refractivity contribution is 0.181. The molecule has 1 unspecified atom stereocenters. The summed E-state index contributed by atoms with van der Waals surface area (Å²) in [5, 5.41) is 4.36. The molecule has 0 aliphatic heterocycles. The number of aromatic nitrogens is 3. The van der Waals surface area contributed by atoms with Gasteiger partial charge in [0.25, 0.3) is 0 Å². The van der Waals surface area contributed by atoms with E-state index in [2.05, 4.69) is 37.5 Å². The third-order valence-electron chi connectivity index (χ3n) is 3.32. The third kappa shape index (κ3) is 4.34. The zero-order chi connectivity index (χ0) is 15.1. The molecule has 1 atom stereocenters. The minimum atomic E-state index is 0.0129. The van der Waals surface area contributed by atoms with Gasteiger partial charge in [0.2, 0.25) is 0 Å². The Hall–Kier alpha value is -1.28. The first kappa shape index (κ1) is 16.1. The van der Waals surface area contributed by atoms with Crippen LogP contribution in [0.2, 0.25) is 0 Å². The number of aryl methyl sites for hydroxylation is 1. The zero-order valence-corrected chi connectivity index (χ0v) is 13.6. The summed E-state index contributed by atoms with van der Waals surface area (Å²) in [7, 11) is 1.68. The van der Waals surface area contributed by atoms with E-state index in [0.29, 0.717) is 13.2 Å². The van der Waals surface area contributed by atoms with Crippen molar-refractivity contribution in [1.82, 2.24) is 20.2 Å². The van der Waals surface area contributed by atoms with E-state index in [1.54, 1.807) is 19.5 Å². The summed E-state index contributed by atoms with van der Waals surface area (Å²) in [6.07, 6.45) is 7.20. The van der Waals surface area contributed by atoms with E-state index in [-0.39, 0.29) is 6.04 Å². The Bertz CT molecular complexity index is 546. The predicted molar refractivity (Wildman–Crippen MR) is 84.4 cm³/mol. The maximum absolute atomic E-state index is 5.74. The molecule has 114 valence electrons. The smallest absolute Gasteiger partial charge is 0.0710 e. The van der Waals surface area contributed by atoms with Gasteiger partial charge in [-0.3, -0.25) is 20.9 Å². The van der Waals surface area contributed by atoms with Crippen LogP contribution in [0, 0.1) is 0 Å². The van der Waals surface area contributed by atoms with Crippen LogP contribution in [0.3, 0.4) is 0 Å². The maximum Gasteiger partial charge on any atom is 0.0710 e. The highest BCUT2D eigenvalue weighted by atomic mass is 79.9. The van der Waals surface area contributed by atoms with Crippen LogP contribution < -0.4 is 11.3 Å². The quantitative estimate of drug-likeness (QED) is 0.559. The van der Waals surface area contributed by atoms with Gasteiger partial charge in [0, 0.05) is 19.5 Å². The normalized spacial score (nSPS) is 12.5. The molecule has 0 amide bonds. The Kier molecular flexibility index (Phi) is 6.31. The highest BCUT2D eigenvalue weighted by Crippen LogP contribution is 2.26. The van der Waals surface area contributed by atoms with Crippen molar-refractivity contribution >= 4 is 15.9 Å². The Morgan fingerprint density at radius 3 is 3.00 bits per heavy atom. The second-order valence-electron chi connectivity index (χ2n) is 4.71. The summed E-state index contributed by atoms with van der Waals surface area (Å²) in [5.41, 5.74) is 5.11. The Balaban J connectivity index is 2.08. The van der Waals surface area contributed by atoms with Gasteiger partial charge in [-0.2, -0.15) is 5.10 Å². The standard InChI is InChI=1S/C14H20BrN5O/c1-21-8-7-20-14(12(15)10-18-20)13(19-16)5-4-11-3-2-6-17-9-11/h2-3,6,9-10,13,19H,4-5,7-8,16H2,1H3. The topological polar surface area (TPSA) is 78.0 Å². The molecule has 2 aromatic heterocycles. The van der Waals surface area contributed by atoms with Crippen molar-refractivity contribution in [1.29, 1.82) is 0 Å². The number of methoxy groups -OCH3 is 1. The molecule has 0 saturated carbocycles. The van der Waals surface area contributed by atoms with Crippen LogP contribution >= 0.6 is 15.9 Å². The first-order valence-electron chi connectivity index (χ1n) is 6.81. The SMILES string of the molecule is COCCn1ncc(Br)c1C(CCc1cccnc1)NN. The Morgan fingerprint density at radius 1 is 1.48 bits per heavy atom. The number of nitrogens with two attached hydrogens (primary N) is 1. The monoisotopic (exact) mass is 353 g/mol. The number of pyridine rings is 1. The predicted octanol–water partition coefficient (Wildman–Crippen LogP) is 1.82. The zero-order valence-electron chi connectivity index (χ0n) is 12.0. The minimum absolute atomic E-state index is 0.0129. The summed E-state index contributed by atoms with van der Waals surface area (Å²) in [4.78, 5) is 4.13. The number of ether oxygens (including phenoxy) is 1. The highest BCUT2D eigenvalue weighted by molar-refractivity contribution is 9.10. The van der Waals surface area contributed by atoms with E-state index < -0.39 is 0 Å². The van der Waals surface area contributed by atoms with E-state index in [4.69, 9.17) is 10.6 Å². The molecule has 0 saturated heterocycles. The molecule has 2 heterocycles. The number of nitrogens with one attached hydrogen (secondary N) is 1. The largest absolute Gasteiger partial charge is 0.383 e. The summed E-state index contributed by atoms with van der Waals surface area (Å²) in [6, 6.07) is 4.02. The fraction of sp³-hybridized carbons (Fsp3) is 0.429. The molecule has 0 radical (unpaired) electrons. The first-order valence-corrected chi connectivity index (χ1v) is 7.60. The molecule has 21 heavy (non-hydrogen) atoms. The van der Waals surface area contributed by atoms with Gasteiger partial charge in [-0.05, 0) is 40.4 Å². The van der Waals surface area contributed by atoms with Gasteiger partial charge >= 0.3 is 0 Å². The number of hydrazine groups is 1. The van der Waals surface area contributed by atoms with Crippen LogP contribution in [-0.4, -0.2) is 28.5 Å². The van der Waals surface area contributed by atoms with Gasteiger partial charge in [-0.15, -0.1) is 0 Å². The number of hydrogen-bond donors (Lipinski definition) is 2. The van der Waals surface area contributed by atoms with Gasteiger partial charge in [0.1, 0.15) is 0 Å². The second kappa shape index (κ2) is 8.23. The van der Waals surface area contributed by atoms with Crippen LogP contribution in [0.25, 0.3) is 0 Å². The fourth-order valence-electron chi connectivity index (χ4n) is 2.23. The van der Waals surface area contributed by atoms with Crippen LogP contribution in [0.4, 0.5) is 0 Å². The summed E-state index contributed by atoms with van der Waals surface area (Å²) in [5.74, 6) is 5.74. The van der Waals surface area contributed by atoms with E-state index >= 15 is 0 Å². The number of halogens is 1. The molecule has 2 rings (SSSR count). The lowest BCUT2D eigenvalue weighted by Crippen LogP contribution is -2.31. The maximum atomic E-state index is 5.74. The lowest BCUT2D eigenvalue weighted by atomic mass is 10.0. The van der Waals surface area contributed by atoms with Crippen molar-refractivity contribution in [2.75, 3.05) is 13.7 Å². The molecule has 7 heteroatoms. The molecule has 6 nitrogen and oxygen atoms in total. The third-order valence-corrected chi connectivity index (χ3v) is 3.93. The van der Waals surface area contributed by atoms with E-state index in [0.717, 1.165) is 23.0 Å². The van der Waals surface area contributed by atoms with Gasteiger partial charge in [-0.1, -0.05) is 6.07 Å². The molecular weight excluding hydrogens is 334 g/mol. The number of nitrogens with zero attached hydrogens (tertiary/aromatic N) is 3. The Morgan fingerprint density at radius 2 is 2.33 bits per heavy atom. The molecular formula is C14H20BrN5O. The minimum Gasteiger partial charge on any atom is -0.383 e. The molecule has 0 bridgehead atoms. The molecule has 0 fully saturated rings. The van der Waals surface area contributed by atoms with Crippen molar-refractivity contribution in [3.63, 3.8) is 0 Å². The number of hydrogen-bond acceptors (Lipinski definition) is 5. The first-order chi connectivity index (χ1) is 10.3. The van der Waals surface area contributed by atoms with Crippen molar-refractivity contribution in [3.8, 4) is 0 Å². The fourth-order valence-corrected chi connectivity index (χ4v) is 2.80. The van der Waals surface area contributed by atoms with Gasteiger partial charge in [0.15, 0.2) is 0 Å². The molecule has 0 spiro atoms. The molecule has 0 aromatic carbocycles. The number of rotatable bonds is 8. The molecule has 0 aliphatic carbocycles. The summed E-state index contributed by atoms with van der Waals surface area (Å²) < 4.78 is 7.99. The molecule has 3 N–H and O–H groups in total. The summed E-state index contributed by atoms with van der Waals surface area (Å²) >= 11 is 3.54. The summed E-state index contributed by atoms with van der Waals surface area (Å²) in [6.45, 7) is 1.31. The van der Waals surface area contributed by atoms with Gasteiger partial charge in [0.05, 0.1) is 35.6 Å². The van der Waals surface area contributed by atoms with Gasteiger partial charge < -0.3 is 4.74 Å². The van der Waals surface area contributed by atoms with Crippen LogP contribution in [0.15, 0.2) is 35.2 Å². The Labute approximate surface area is 132 Å². The highest BCUT2D eigenvalue weighted by Gasteiger charge is 2.19. The van der Waals surface area contributed by atoms with E-state index in [9.17, 15) is 0 Å². The van der Waals surface area contributed by atoms with Crippen molar-refractivity contribution in [3.05, 3.63) is 46.5 Å². The van der Waals surface area contributed by atoms with E-state index in [1.165, 1.54) is 5.56 Å². The van der Waals surface area contributed by atoms with Crippen LogP contribution in [0.1, 0.15) is 23.7 Å². The average molecular weight is 354 g/mol. The average Bonchev–Trinajstić information content (AvgIpc) is 2.88. The van der Waals surface area contributed by atoms with Crippen LogP contribution in [0.5, 0.6) is 0 Å². The van der Waals surface area contributed by atoms with Crippen molar-refractivity contribution in [2.24, 2.45) is 5.84 Å². The molecule has 2 aromatic rings. The van der Waals surface area contributed by atoms with Gasteiger partial charge in [-0.25, -0.2) is 0 Å². The molecule has 0 aliphatic rings. The van der Waals surface area contributed by atoms with Crippen molar-refractivity contribution < 1.29 is 4.74 Å².